The van der Waals surface area contributed by atoms with E-state index < -0.39 is 110 Å². The first kappa shape index (κ1) is 34.0. The molecule has 0 aromatic rings. The summed E-state index contributed by atoms with van der Waals surface area (Å²) in [6.07, 6.45) is 4.32. The molecule has 1 radical (unpaired) electrons. The van der Waals surface area contributed by atoms with Gasteiger partial charge in [-0.3, -0.25) is 0 Å². The van der Waals surface area contributed by atoms with Gasteiger partial charge in [-0.1, -0.05) is 0 Å². The monoisotopic (exact) mass is 1020 g/mol. The SMILES string of the molecule is CC1(C)[C@@H]2CC[C@@]1(C)C(=O)[C@H]2C(=O)[O][Bi][O][Bi]([O]C(=O)[C@@H]1C(=O)[C@]2(C)CC[C@H]1C2(C)C)[O]C(=O)[C@@H]1C(=O)[C@]2(C)CC[C@H]1C2(C)C. The van der Waals surface area contributed by atoms with E-state index in [0.717, 1.165) is 12.8 Å². The van der Waals surface area contributed by atoms with Gasteiger partial charge in [-0.15, -0.1) is 0 Å². The predicted molar refractivity (Wildman–Crippen MR) is 160 cm³/mol. The molecule has 6 fully saturated rings. The van der Waals surface area contributed by atoms with Gasteiger partial charge in [0, 0.05) is 0 Å². The summed E-state index contributed by atoms with van der Waals surface area (Å²) in [4.78, 5) is 80.6. The van der Waals surface area contributed by atoms with Crippen LogP contribution in [0.2, 0.25) is 0 Å². The minimum absolute atomic E-state index is 0.107. The van der Waals surface area contributed by atoms with E-state index in [1.165, 1.54) is 0 Å². The zero-order valence-electron chi connectivity index (χ0n) is 27.7. The molecule has 6 rings (SSSR count). The first-order valence-electron chi connectivity index (χ1n) is 16.1. The third-order valence-corrected chi connectivity index (χ3v) is 26.1. The standard InChI is InChI=1S/3C11H16O3.2Bi.O/c3*1-10(2)6-4-5-11(10,3)8(12)7(6)9(13)14;;;/h3*6-7H,4-5H2,1-3H3,(H,13,14);;;/q;;;+1;+2;/p-3/t3*6-,7+,11+;;;/m111.../s1. The van der Waals surface area contributed by atoms with Gasteiger partial charge in [-0.05, 0) is 0 Å². The van der Waals surface area contributed by atoms with E-state index in [1.54, 1.807) is 0 Å². The Labute approximate surface area is 287 Å². The molecule has 0 heterocycles. The Morgan fingerprint density at radius 2 is 0.889 bits per heavy atom. The molecule has 0 aromatic heterocycles. The molecule has 0 spiro atoms. The van der Waals surface area contributed by atoms with Gasteiger partial charge in [0.2, 0.25) is 0 Å². The fourth-order valence-electron chi connectivity index (χ4n) is 10.5. The molecule has 6 bridgehead atoms. The van der Waals surface area contributed by atoms with Crippen molar-refractivity contribution >= 4 is 82.4 Å². The van der Waals surface area contributed by atoms with E-state index >= 15 is 0 Å². The zero-order valence-corrected chi connectivity index (χ0v) is 34.6. The Morgan fingerprint density at radius 1 is 0.578 bits per heavy atom. The van der Waals surface area contributed by atoms with Crippen LogP contribution in [0.4, 0.5) is 0 Å². The second-order valence-electron chi connectivity index (χ2n) is 16.7. The zero-order chi connectivity index (χ0) is 33.3. The van der Waals surface area contributed by atoms with Crippen LogP contribution in [0.3, 0.4) is 0 Å². The van der Waals surface area contributed by atoms with Crippen molar-refractivity contribution in [2.45, 2.75) is 101 Å². The number of fused-ring (bicyclic) bond motifs is 6. The first-order valence-corrected chi connectivity index (χ1v) is 23.2. The van der Waals surface area contributed by atoms with Gasteiger partial charge in [-0.25, -0.2) is 0 Å². The Morgan fingerprint density at radius 3 is 1.18 bits per heavy atom. The van der Waals surface area contributed by atoms with Crippen LogP contribution in [0, 0.1) is 68.0 Å². The summed E-state index contributed by atoms with van der Waals surface area (Å²) in [5, 5.41) is 0. The van der Waals surface area contributed by atoms with Gasteiger partial charge in [0.1, 0.15) is 0 Å². The summed E-state index contributed by atoms with van der Waals surface area (Å²) < 4.78 is 23.1. The molecule has 0 aromatic carbocycles. The maximum absolute atomic E-state index is 13.6. The van der Waals surface area contributed by atoms with Crippen molar-refractivity contribution in [1.82, 2.24) is 0 Å². The molecule has 6 aliphatic carbocycles. The van der Waals surface area contributed by atoms with Crippen molar-refractivity contribution in [3.8, 4) is 0 Å². The quantitative estimate of drug-likeness (QED) is 0.259. The van der Waals surface area contributed by atoms with Crippen LogP contribution in [0.15, 0.2) is 0 Å². The van der Waals surface area contributed by atoms with Gasteiger partial charge in [0.25, 0.3) is 0 Å². The Kier molecular flexibility index (Phi) is 7.99. The molecular weight excluding hydrogens is 974 g/mol. The van der Waals surface area contributed by atoms with Crippen molar-refractivity contribution in [3.05, 3.63) is 0 Å². The van der Waals surface area contributed by atoms with Gasteiger partial charge in [0.05, 0.1) is 0 Å². The Bertz CT molecular complexity index is 1340. The number of Topliss-reactive ketones (excluding diaryl/α,β-unsaturated/α-hetero) is 3. The molecule has 10 nitrogen and oxygen atoms in total. The van der Waals surface area contributed by atoms with Crippen LogP contribution in [0.25, 0.3) is 0 Å². The van der Waals surface area contributed by atoms with E-state index in [-0.39, 0.29) is 40.5 Å². The summed E-state index contributed by atoms with van der Waals surface area (Å²) in [5.41, 5.74) is -3.00. The van der Waals surface area contributed by atoms with Gasteiger partial charge in [-0.2, -0.15) is 0 Å². The second kappa shape index (κ2) is 10.6. The minimum atomic E-state index is -4.47. The summed E-state index contributed by atoms with van der Waals surface area (Å²) in [7, 11) is 0. The summed E-state index contributed by atoms with van der Waals surface area (Å²) in [5.74, 6) is -5.95. The van der Waals surface area contributed by atoms with E-state index in [4.69, 9.17) is 9.33 Å². The molecule has 45 heavy (non-hydrogen) atoms. The number of hydrogen-bond donors (Lipinski definition) is 0. The topological polar surface area (TPSA) is 139 Å². The number of ketones is 3. The van der Waals surface area contributed by atoms with Crippen LogP contribution in [0.5, 0.6) is 0 Å². The first-order chi connectivity index (χ1) is 20.7. The number of carbonyl (C=O) groups is 6. The molecular formula is C33H45Bi2O10. The molecule has 12 heteroatoms. The van der Waals surface area contributed by atoms with Crippen LogP contribution >= 0.6 is 0 Å². The van der Waals surface area contributed by atoms with Crippen LogP contribution in [-0.4, -0.2) is 82.4 Å². The maximum atomic E-state index is 13.6. The molecule has 0 saturated heterocycles. The van der Waals surface area contributed by atoms with Gasteiger partial charge >= 0.3 is 289 Å². The normalized spacial score (nSPS) is 42.9. The van der Waals surface area contributed by atoms with Crippen LogP contribution in [-0.2, 0) is 38.1 Å². The third kappa shape index (κ3) is 4.31. The van der Waals surface area contributed by atoms with Crippen molar-refractivity contribution in [3.63, 3.8) is 0 Å². The number of hydrogen-bond acceptors (Lipinski definition) is 10. The summed E-state index contributed by atoms with van der Waals surface area (Å²) >= 11 is -7.11. The van der Waals surface area contributed by atoms with E-state index in [2.05, 4.69) is 0 Å². The Balaban J connectivity index is 1.17. The molecule has 0 amide bonds. The van der Waals surface area contributed by atoms with Gasteiger partial charge in [0.15, 0.2) is 0 Å². The predicted octanol–water partition coefficient (Wildman–Crippen LogP) is 4.08. The molecule has 6 aliphatic rings. The second-order valence-corrected chi connectivity index (χ2v) is 27.4. The van der Waals surface area contributed by atoms with Crippen molar-refractivity contribution in [2.24, 2.45) is 68.0 Å². The third-order valence-electron chi connectivity index (χ3n) is 14.9. The summed E-state index contributed by atoms with van der Waals surface area (Å²) in [6, 6.07) is 0. The molecule has 0 aliphatic heterocycles. The molecule has 6 saturated carbocycles. The average molecular weight is 1020 g/mol. The molecule has 0 N–H and O–H groups in total. The van der Waals surface area contributed by atoms with Crippen molar-refractivity contribution < 1.29 is 38.1 Å². The van der Waals surface area contributed by atoms with E-state index in [1.807, 2.05) is 62.3 Å². The number of rotatable bonds is 8. The van der Waals surface area contributed by atoms with Crippen LogP contribution < -0.4 is 0 Å². The van der Waals surface area contributed by atoms with E-state index in [9.17, 15) is 28.8 Å². The van der Waals surface area contributed by atoms with Crippen molar-refractivity contribution in [1.29, 1.82) is 0 Å². The molecule has 0 unspecified atom stereocenters. The number of carbonyl (C=O) groups excluding carboxylic acids is 6. The van der Waals surface area contributed by atoms with Gasteiger partial charge < -0.3 is 0 Å². The fourth-order valence-corrected chi connectivity index (χ4v) is 19.3. The average Bonchev–Trinajstić information content (AvgIpc) is 3.56. The van der Waals surface area contributed by atoms with E-state index in [0.29, 0.717) is 25.7 Å². The van der Waals surface area contributed by atoms with Crippen LogP contribution in [0.1, 0.15) is 101 Å². The Hall–Kier alpha value is -0.854. The molecule has 9 atom stereocenters. The molecule has 247 valence electrons. The summed E-state index contributed by atoms with van der Waals surface area (Å²) in [6.45, 7) is 17.8. The fraction of sp³-hybridized carbons (Fsp3) is 0.818. The van der Waals surface area contributed by atoms with Crippen molar-refractivity contribution in [2.75, 3.05) is 0 Å².